The quantitative estimate of drug-likeness (QED) is 0.411. The van der Waals surface area contributed by atoms with Gasteiger partial charge in [0.15, 0.2) is 5.65 Å². The number of carbonyl (C=O) groups is 1. The van der Waals surface area contributed by atoms with E-state index in [4.69, 9.17) is 4.98 Å². The van der Waals surface area contributed by atoms with Gasteiger partial charge in [-0.05, 0) is 49.5 Å². The number of piperazine rings is 1. The Kier molecular flexibility index (Phi) is 6.60. The number of rotatable bonds is 7. The lowest BCUT2D eigenvalue weighted by molar-refractivity contribution is 0.0953. The van der Waals surface area contributed by atoms with Gasteiger partial charge in [-0.15, -0.1) is 11.3 Å². The second-order valence-electron chi connectivity index (χ2n) is 8.71. The van der Waals surface area contributed by atoms with E-state index in [0.717, 1.165) is 66.4 Å². The largest absolute Gasteiger partial charge is 0.369 e. The number of nitrogens with one attached hydrogen (secondary N) is 1. The van der Waals surface area contributed by atoms with Crippen LogP contribution < -0.4 is 10.2 Å². The maximum Gasteiger partial charge on any atom is 0.252 e. The van der Waals surface area contributed by atoms with Crippen molar-refractivity contribution in [2.75, 3.05) is 44.2 Å². The molecule has 3 aromatic heterocycles. The van der Waals surface area contributed by atoms with Gasteiger partial charge in [-0.1, -0.05) is 24.3 Å². The van der Waals surface area contributed by atoms with Crippen molar-refractivity contribution in [3.63, 3.8) is 0 Å². The first-order valence-corrected chi connectivity index (χ1v) is 12.7. The van der Waals surface area contributed by atoms with Gasteiger partial charge >= 0.3 is 0 Å². The van der Waals surface area contributed by atoms with Gasteiger partial charge < -0.3 is 10.2 Å². The topological polar surface area (TPSA) is 66.3 Å². The number of para-hydroxylation sites is 1. The molecule has 0 spiro atoms. The molecule has 7 nitrogen and oxygen atoms in total. The van der Waals surface area contributed by atoms with E-state index in [2.05, 4.69) is 50.5 Å². The molecule has 34 heavy (non-hydrogen) atoms. The third-order valence-corrected chi connectivity index (χ3v) is 7.31. The monoisotopic (exact) mass is 474 g/mol. The molecule has 1 saturated heterocycles. The lowest BCUT2D eigenvalue weighted by atomic mass is 10.1. The summed E-state index contributed by atoms with van der Waals surface area (Å²) in [6, 6.07) is 16.5. The number of amides is 1. The zero-order valence-electron chi connectivity index (χ0n) is 19.7. The molecule has 4 aromatic rings. The van der Waals surface area contributed by atoms with Gasteiger partial charge in [0.1, 0.15) is 0 Å². The summed E-state index contributed by atoms with van der Waals surface area (Å²) in [4.78, 5) is 24.0. The maximum absolute atomic E-state index is 13.2. The Hall–Kier alpha value is -3.23. The summed E-state index contributed by atoms with van der Waals surface area (Å²) in [5.41, 5.74) is 4.32. The fraction of sp³-hybridized carbons (Fsp3) is 0.346. The minimum atomic E-state index is -0.0600. The van der Waals surface area contributed by atoms with Crippen molar-refractivity contribution in [1.29, 1.82) is 0 Å². The molecule has 5 rings (SSSR count). The van der Waals surface area contributed by atoms with E-state index in [9.17, 15) is 4.79 Å². The molecule has 1 aliphatic rings. The Balaban J connectivity index is 1.19. The molecular formula is C26H30N6OS. The van der Waals surface area contributed by atoms with Crippen LogP contribution in [0.25, 0.3) is 21.6 Å². The second-order valence-corrected chi connectivity index (χ2v) is 9.66. The molecule has 0 bridgehead atoms. The number of carbonyl (C=O) groups excluding carboxylic acids is 1. The van der Waals surface area contributed by atoms with E-state index in [1.807, 2.05) is 37.6 Å². The molecule has 0 saturated carbocycles. The smallest absolute Gasteiger partial charge is 0.252 e. The van der Waals surface area contributed by atoms with Gasteiger partial charge in [-0.2, -0.15) is 5.10 Å². The summed E-state index contributed by atoms with van der Waals surface area (Å²) in [6.07, 6.45) is 0.926. The molecule has 0 atom stereocenters. The van der Waals surface area contributed by atoms with Gasteiger partial charge in [0.05, 0.1) is 27.2 Å². The van der Waals surface area contributed by atoms with Crippen molar-refractivity contribution < 1.29 is 4.79 Å². The third kappa shape index (κ3) is 4.69. The molecule has 1 amide bonds. The Bertz CT molecular complexity index is 1260. The van der Waals surface area contributed by atoms with Crippen molar-refractivity contribution >= 4 is 34.0 Å². The summed E-state index contributed by atoms with van der Waals surface area (Å²) in [5.74, 6) is -0.0600. The average Bonchev–Trinajstić information content (AvgIpc) is 3.50. The summed E-state index contributed by atoms with van der Waals surface area (Å²) < 4.78 is 1.76. The Labute approximate surface area is 204 Å². The molecule has 4 heterocycles. The van der Waals surface area contributed by atoms with Crippen LogP contribution in [0.3, 0.4) is 0 Å². The molecule has 176 valence electrons. The number of aromatic nitrogens is 3. The van der Waals surface area contributed by atoms with Crippen LogP contribution in [-0.4, -0.2) is 64.8 Å². The first kappa shape index (κ1) is 22.6. The Morgan fingerprint density at radius 2 is 1.88 bits per heavy atom. The maximum atomic E-state index is 13.2. The Morgan fingerprint density at radius 1 is 1.09 bits per heavy atom. The van der Waals surface area contributed by atoms with Crippen molar-refractivity contribution in [1.82, 2.24) is 25.0 Å². The predicted molar refractivity (Wildman–Crippen MR) is 139 cm³/mol. The van der Waals surface area contributed by atoms with E-state index in [1.54, 1.807) is 16.0 Å². The minimum absolute atomic E-state index is 0.0600. The van der Waals surface area contributed by atoms with Crippen LogP contribution >= 0.6 is 11.3 Å². The van der Waals surface area contributed by atoms with Crippen LogP contribution in [0.2, 0.25) is 0 Å². The number of aryl methyl sites for hydroxylation is 2. The van der Waals surface area contributed by atoms with E-state index < -0.39 is 0 Å². The molecule has 1 N–H and O–H groups in total. The highest BCUT2D eigenvalue weighted by atomic mass is 32.1. The molecule has 1 fully saturated rings. The number of nitrogens with zero attached hydrogens (tertiary/aromatic N) is 5. The summed E-state index contributed by atoms with van der Waals surface area (Å²) in [6.45, 7) is 7.74. The molecule has 1 aromatic carbocycles. The average molecular weight is 475 g/mol. The van der Waals surface area contributed by atoms with Crippen LogP contribution in [0.4, 0.5) is 5.69 Å². The predicted octanol–water partition coefficient (Wildman–Crippen LogP) is 3.95. The van der Waals surface area contributed by atoms with Crippen LogP contribution in [-0.2, 0) is 7.05 Å². The standard InChI is InChI=1S/C26H30N6OS/c1-19-24-21(18-22(23-10-6-17-34-23)28-25(24)30(2)29-19)26(33)27-11-7-12-31-13-15-32(16-14-31)20-8-4-3-5-9-20/h3-6,8-10,17-18H,7,11-16H2,1-2H3,(H,27,33). The van der Waals surface area contributed by atoms with E-state index in [0.29, 0.717) is 12.1 Å². The lowest BCUT2D eigenvalue weighted by Crippen LogP contribution is -2.47. The van der Waals surface area contributed by atoms with Gasteiger partial charge in [0, 0.05) is 45.5 Å². The van der Waals surface area contributed by atoms with E-state index in [-0.39, 0.29) is 5.91 Å². The van der Waals surface area contributed by atoms with Crippen LogP contribution in [0.15, 0.2) is 53.9 Å². The molecular weight excluding hydrogens is 444 g/mol. The van der Waals surface area contributed by atoms with Gasteiger partial charge in [-0.3, -0.25) is 14.4 Å². The van der Waals surface area contributed by atoms with E-state index in [1.165, 1.54) is 5.69 Å². The highest BCUT2D eigenvalue weighted by Gasteiger charge is 2.20. The second kappa shape index (κ2) is 9.95. The molecule has 0 radical (unpaired) electrons. The fourth-order valence-corrected chi connectivity index (χ4v) is 5.33. The van der Waals surface area contributed by atoms with Crippen molar-refractivity contribution in [2.24, 2.45) is 7.05 Å². The van der Waals surface area contributed by atoms with Crippen LogP contribution in [0.5, 0.6) is 0 Å². The normalized spacial score (nSPS) is 14.6. The van der Waals surface area contributed by atoms with Crippen LogP contribution in [0.1, 0.15) is 22.5 Å². The number of thiophene rings is 1. The Morgan fingerprint density at radius 3 is 2.62 bits per heavy atom. The molecule has 1 aliphatic heterocycles. The number of hydrogen-bond acceptors (Lipinski definition) is 6. The van der Waals surface area contributed by atoms with Gasteiger partial charge in [0.25, 0.3) is 5.91 Å². The van der Waals surface area contributed by atoms with Gasteiger partial charge in [0.2, 0.25) is 0 Å². The van der Waals surface area contributed by atoms with Crippen molar-refractivity contribution in [3.05, 3.63) is 65.2 Å². The number of fused-ring (bicyclic) bond motifs is 1. The van der Waals surface area contributed by atoms with E-state index >= 15 is 0 Å². The number of hydrogen-bond donors (Lipinski definition) is 1. The highest BCUT2D eigenvalue weighted by molar-refractivity contribution is 7.13. The molecule has 0 aliphatic carbocycles. The molecule has 0 unspecified atom stereocenters. The third-order valence-electron chi connectivity index (χ3n) is 6.42. The fourth-order valence-electron chi connectivity index (χ4n) is 4.64. The first-order chi connectivity index (χ1) is 16.6. The summed E-state index contributed by atoms with van der Waals surface area (Å²) in [7, 11) is 1.87. The van der Waals surface area contributed by atoms with Crippen molar-refractivity contribution in [2.45, 2.75) is 13.3 Å². The summed E-state index contributed by atoms with van der Waals surface area (Å²) >= 11 is 1.62. The zero-order valence-corrected chi connectivity index (χ0v) is 20.5. The number of anilines is 1. The SMILES string of the molecule is Cc1nn(C)c2nc(-c3cccs3)cc(C(=O)NCCCN3CCN(c4ccccc4)CC3)c12. The number of benzene rings is 1. The minimum Gasteiger partial charge on any atom is -0.369 e. The van der Waals surface area contributed by atoms with Gasteiger partial charge in [-0.25, -0.2) is 4.98 Å². The summed E-state index contributed by atoms with van der Waals surface area (Å²) in [5, 5.41) is 10.5. The van der Waals surface area contributed by atoms with Crippen LogP contribution in [0, 0.1) is 6.92 Å². The zero-order chi connectivity index (χ0) is 23.5. The van der Waals surface area contributed by atoms with Crippen molar-refractivity contribution in [3.8, 4) is 10.6 Å². The first-order valence-electron chi connectivity index (χ1n) is 11.8. The molecule has 8 heteroatoms. The number of pyridine rings is 1. The lowest BCUT2D eigenvalue weighted by Gasteiger charge is -2.36. The highest BCUT2D eigenvalue weighted by Crippen LogP contribution is 2.29.